The molecule has 0 atom stereocenters. The Balaban J connectivity index is 2.06. The maximum atomic E-state index is 5.97. The van der Waals surface area contributed by atoms with E-state index in [-0.39, 0.29) is 12.5 Å². The van der Waals surface area contributed by atoms with Crippen LogP contribution in [-0.2, 0) is 13.0 Å². The molecule has 2 N–H and O–H groups in total. The van der Waals surface area contributed by atoms with E-state index in [4.69, 9.17) is 26.6 Å². The maximum absolute atomic E-state index is 5.97. The zero-order chi connectivity index (χ0) is 14.5. The lowest BCUT2D eigenvalue weighted by Gasteiger charge is -2.09. The molecule has 1 heterocycles. The van der Waals surface area contributed by atoms with Crippen molar-refractivity contribution in [3.8, 4) is 5.75 Å². The summed E-state index contributed by atoms with van der Waals surface area (Å²) in [7, 11) is 0. The highest BCUT2D eigenvalue weighted by Crippen LogP contribution is 2.24. The van der Waals surface area contributed by atoms with E-state index in [0.717, 1.165) is 11.3 Å². The van der Waals surface area contributed by atoms with Crippen molar-refractivity contribution in [2.45, 2.75) is 32.8 Å². The molecule has 5 nitrogen and oxygen atoms in total. The van der Waals surface area contributed by atoms with Crippen LogP contribution in [0.5, 0.6) is 5.75 Å². The van der Waals surface area contributed by atoms with Gasteiger partial charge in [-0.25, -0.2) is 0 Å². The number of hydrogen-bond donors (Lipinski definition) is 1. The maximum Gasteiger partial charge on any atom is 0.264 e. The highest BCUT2D eigenvalue weighted by Gasteiger charge is 2.11. The Bertz CT molecular complexity index is 569. The van der Waals surface area contributed by atoms with Crippen LogP contribution in [0, 0.1) is 0 Å². The third kappa shape index (κ3) is 3.71. The molecule has 6 heteroatoms. The lowest BCUT2D eigenvalue weighted by Crippen LogP contribution is -2.05. The van der Waals surface area contributed by atoms with E-state index >= 15 is 0 Å². The lowest BCUT2D eigenvalue weighted by molar-refractivity contribution is 0.240. The summed E-state index contributed by atoms with van der Waals surface area (Å²) < 4.78 is 10.8. The molecule has 0 unspecified atom stereocenters. The summed E-state index contributed by atoms with van der Waals surface area (Å²) >= 11 is 5.97. The van der Waals surface area contributed by atoms with Crippen LogP contribution in [0.3, 0.4) is 0 Å². The van der Waals surface area contributed by atoms with Gasteiger partial charge in [-0.05, 0) is 36.7 Å². The quantitative estimate of drug-likeness (QED) is 0.887. The van der Waals surface area contributed by atoms with Gasteiger partial charge in [-0.1, -0.05) is 30.6 Å². The Labute approximate surface area is 123 Å². The minimum absolute atomic E-state index is 0.232. The predicted molar refractivity (Wildman–Crippen MR) is 76.9 cm³/mol. The summed E-state index contributed by atoms with van der Waals surface area (Å²) in [5.41, 5.74) is 6.56. The fourth-order valence-electron chi connectivity index (χ4n) is 1.74. The van der Waals surface area contributed by atoms with Gasteiger partial charge in [-0.2, -0.15) is 4.98 Å². The monoisotopic (exact) mass is 295 g/mol. The molecule has 0 saturated heterocycles. The predicted octanol–water partition coefficient (Wildman–Crippen LogP) is 2.93. The van der Waals surface area contributed by atoms with Crippen LogP contribution in [0.2, 0.25) is 5.02 Å². The first-order valence-corrected chi connectivity index (χ1v) is 6.91. The van der Waals surface area contributed by atoms with Crippen LogP contribution in [-0.4, -0.2) is 16.7 Å². The van der Waals surface area contributed by atoms with E-state index < -0.39 is 0 Å². The van der Waals surface area contributed by atoms with Gasteiger partial charge in [0, 0.05) is 10.9 Å². The molecule has 0 aliphatic rings. The molecule has 20 heavy (non-hydrogen) atoms. The summed E-state index contributed by atoms with van der Waals surface area (Å²) in [4.78, 5) is 4.26. The molecule has 0 radical (unpaired) electrons. The van der Waals surface area contributed by atoms with Gasteiger partial charge in [-0.3, -0.25) is 0 Å². The summed E-state index contributed by atoms with van der Waals surface area (Å²) in [5.74, 6) is 2.12. The number of rotatable bonds is 6. The average Bonchev–Trinajstić information content (AvgIpc) is 2.87. The van der Waals surface area contributed by atoms with Crippen LogP contribution >= 0.6 is 11.6 Å². The largest absolute Gasteiger partial charge is 0.483 e. The molecule has 0 aliphatic carbocycles. The van der Waals surface area contributed by atoms with E-state index in [2.05, 4.69) is 10.1 Å². The van der Waals surface area contributed by atoms with Gasteiger partial charge in [0.1, 0.15) is 5.75 Å². The number of nitrogens with two attached hydrogens (primary N) is 1. The Morgan fingerprint density at radius 2 is 2.20 bits per heavy atom. The molecule has 0 saturated carbocycles. The smallest absolute Gasteiger partial charge is 0.264 e. The molecule has 0 spiro atoms. The van der Waals surface area contributed by atoms with Crippen LogP contribution in [0.4, 0.5) is 0 Å². The molecule has 0 bridgehead atoms. The molecule has 108 valence electrons. The van der Waals surface area contributed by atoms with Crippen molar-refractivity contribution in [2.75, 3.05) is 6.54 Å². The second-order valence-electron chi connectivity index (χ2n) is 4.78. The van der Waals surface area contributed by atoms with Crippen LogP contribution < -0.4 is 10.5 Å². The first-order valence-electron chi connectivity index (χ1n) is 6.54. The lowest BCUT2D eigenvalue weighted by atomic mass is 10.1. The van der Waals surface area contributed by atoms with Crippen molar-refractivity contribution < 1.29 is 9.26 Å². The first kappa shape index (κ1) is 14.8. The number of halogens is 1. The fraction of sp³-hybridized carbons (Fsp3) is 0.429. The van der Waals surface area contributed by atoms with E-state index in [1.165, 1.54) is 0 Å². The fourth-order valence-corrected chi connectivity index (χ4v) is 1.94. The molecule has 0 fully saturated rings. The molecule has 0 amide bonds. The van der Waals surface area contributed by atoms with E-state index in [9.17, 15) is 0 Å². The Kier molecular flexibility index (Phi) is 4.98. The van der Waals surface area contributed by atoms with Crippen molar-refractivity contribution in [1.82, 2.24) is 10.1 Å². The van der Waals surface area contributed by atoms with Crippen molar-refractivity contribution in [1.29, 1.82) is 0 Å². The number of aromatic nitrogens is 2. The second kappa shape index (κ2) is 6.72. The van der Waals surface area contributed by atoms with Gasteiger partial charge in [0.2, 0.25) is 0 Å². The number of ether oxygens (including phenoxy) is 1. The number of benzene rings is 1. The number of nitrogens with zero attached hydrogens (tertiary/aromatic N) is 2. The van der Waals surface area contributed by atoms with Crippen molar-refractivity contribution in [2.24, 2.45) is 5.73 Å². The Morgan fingerprint density at radius 3 is 2.85 bits per heavy atom. The minimum Gasteiger partial charge on any atom is -0.483 e. The van der Waals surface area contributed by atoms with Crippen LogP contribution in [0.25, 0.3) is 0 Å². The zero-order valence-electron chi connectivity index (χ0n) is 11.6. The van der Waals surface area contributed by atoms with Gasteiger partial charge < -0.3 is 15.0 Å². The Hall–Kier alpha value is -1.59. The van der Waals surface area contributed by atoms with Crippen LogP contribution in [0.1, 0.15) is 37.0 Å². The summed E-state index contributed by atoms with van der Waals surface area (Å²) in [6.07, 6.45) is 0.705. The van der Waals surface area contributed by atoms with Gasteiger partial charge >= 0.3 is 0 Å². The van der Waals surface area contributed by atoms with E-state index in [1.54, 1.807) is 6.07 Å². The molecule has 1 aromatic heterocycles. The van der Waals surface area contributed by atoms with Gasteiger partial charge in [0.15, 0.2) is 12.4 Å². The van der Waals surface area contributed by atoms with Crippen molar-refractivity contribution >= 4 is 11.6 Å². The second-order valence-corrected chi connectivity index (χ2v) is 5.22. The standard InChI is InChI=1S/C14H18ClN3O2/c1-9(2)14-17-13(20-18-14)8-19-12-4-3-11(15)7-10(12)5-6-16/h3-4,7,9H,5-6,8,16H2,1-2H3. The molecule has 2 rings (SSSR count). The van der Waals surface area contributed by atoms with Gasteiger partial charge in [0.05, 0.1) is 0 Å². The van der Waals surface area contributed by atoms with Crippen molar-refractivity contribution in [3.63, 3.8) is 0 Å². The van der Waals surface area contributed by atoms with Gasteiger partial charge in [-0.15, -0.1) is 0 Å². The highest BCUT2D eigenvalue weighted by molar-refractivity contribution is 6.30. The molecule has 1 aromatic carbocycles. The third-order valence-corrected chi connectivity index (χ3v) is 3.02. The summed E-state index contributed by atoms with van der Waals surface area (Å²) in [6.45, 7) is 4.79. The Morgan fingerprint density at radius 1 is 1.40 bits per heavy atom. The van der Waals surface area contributed by atoms with E-state index in [1.807, 2.05) is 26.0 Å². The summed E-state index contributed by atoms with van der Waals surface area (Å²) in [5, 5.41) is 4.56. The minimum atomic E-state index is 0.232. The van der Waals surface area contributed by atoms with E-state index in [0.29, 0.717) is 29.7 Å². The molecular weight excluding hydrogens is 278 g/mol. The SMILES string of the molecule is CC(C)c1noc(COc2ccc(Cl)cc2CCN)n1. The molecule has 2 aromatic rings. The van der Waals surface area contributed by atoms with Crippen molar-refractivity contribution in [3.05, 3.63) is 40.5 Å². The molecular formula is C14H18ClN3O2. The highest BCUT2D eigenvalue weighted by atomic mass is 35.5. The number of hydrogen-bond acceptors (Lipinski definition) is 5. The normalized spacial score (nSPS) is 11.1. The van der Waals surface area contributed by atoms with Gasteiger partial charge in [0.25, 0.3) is 5.89 Å². The van der Waals surface area contributed by atoms with Crippen LogP contribution in [0.15, 0.2) is 22.7 Å². The zero-order valence-corrected chi connectivity index (χ0v) is 12.4. The summed E-state index contributed by atoms with van der Waals surface area (Å²) in [6, 6.07) is 5.47. The average molecular weight is 296 g/mol. The molecule has 0 aliphatic heterocycles. The third-order valence-electron chi connectivity index (χ3n) is 2.79. The first-order chi connectivity index (χ1) is 9.60. The topological polar surface area (TPSA) is 74.2 Å².